The van der Waals surface area contributed by atoms with Crippen LogP contribution in [0.3, 0.4) is 0 Å². The third-order valence-corrected chi connectivity index (χ3v) is 4.58. The highest BCUT2D eigenvalue weighted by Gasteiger charge is 2.28. The topological polar surface area (TPSA) is 61.9 Å². The molecule has 1 saturated heterocycles. The first-order valence-corrected chi connectivity index (χ1v) is 8.93. The number of carbonyl (C=O) groups excluding carboxylic acids is 2. The minimum atomic E-state index is -0.106. The summed E-state index contributed by atoms with van der Waals surface area (Å²) in [5.74, 6) is 0.708. The molecule has 2 rings (SSSR count). The molecule has 1 heterocycles. The molecule has 0 aromatic heterocycles. The lowest BCUT2D eigenvalue weighted by Gasteiger charge is -2.26. The molecule has 0 saturated carbocycles. The lowest BCUT2D eigenvalue weighted by molar-refractivity contribution is -0.135. The van der Waals surface area contributed by atoms with Crippen molar-refractivity contribution in [2.45, 2.75) is 32.2 Å². The van der Waals surface area contributed by atoms with Gasteiger partial charge in [0.2, 0.25) is 11.8 Å². The summed E-state index contributed by atoms with van der Waals surface area (Å²) in [5, 5.41) is 2.80. The second-order valence-electron chi connectivity index (χ2n) is 6.50. The summed E-state index contributed by atoms with van der Waals surface area (Å²) in [6.45, 7) is 4.00. The van der Waals surface area contributed by atoms with Crippen molar-refractivity contribution in [3.63, 3.8) is 0 Å². The van der Waals surface area contributed by atoms with Gasteiger partial charge >= 0.3 is 0 Å². The summed E-state index contributed by atoms with van der Waals surface area (Å²) in [6, 6.07) is 8.29. The highest BCUT2D eigenvalue weighted by molar-refractivity contribution is 5.85. The first-order chi connectivity index (χ1) is 12.0. The molecule has 1 aliphatic rings. The summed E-state index contributed by atoms with van der Waals surface area (Å²) < 4.78 is 5.21. The first-order valence-electron chi connectivity index (χ1n) is 8.93. The van der Waals surface area contributed by atoms with Gasteiger partial charge in [-0.25, -0.2) is 0 Å². The van der Waals surface area contributed by atoms with Crippen molar-refractivity contribution in [2.24, 2.45) is 0 Å². The van der Waals surface area contributed by atoms with E-state index >= 15 is 0 Å². The third-order valence-electron chi connectivity index (χ3n) is 4.58. The molecular formula is C19H29N3O3. The maximum absolute atomic E-state index is 12.5. The molecule has 1 fully saturated rings. The van der Waals surface area contributed by atoms with Gasteiger partial charge in [0.15, 0.2) is 0 Å². The molecule has 0 bridgehead atoms. The van der Waals surface area contributed by atoms with Crippen LogP contribution in [0.5, 0.6) is 5.75 Å². The summed E-state index contributed by atoms with van der Waals surface area (Å²) in [5.41, 5.74) is 1.20. The van der Waals surface area contributed by atoms with Crippen LogP contribution in [0.1, 0.15) is 37.8 Å². The summed E-state index contributed by atoms with van der Waals surface area (Å²) in [7, 11) is 3.34. The molecule has 138 valence electrons. The monoisotopic (exact) mass is 347 g/mol. The largest absolute Gasteiger partial charge is 0.497 e. The van der Waals surface area contributed by atoms with Gasteiger partial charge in [0.1, 0.15) is 5.75 Å². The average molecular weight is 347 g/mol. The number of benzene rings is 1. The standard InChI is InChI=1S/C19H29N3O3/c1-4-11-20-18(23)13-21(2)19(24)14-22-12-5-6-17(22)15-7-9-16(25-3)10-8-15/h7-10,17H,4-6,11-14H2,1-3H3,(H,20,23). The fourth-order valence-corrected chi connectivity index (χ4v) is 3.14. The normalized spacial score (nSPS) is 17.3. The Labute approximate surface area is 150 Å². The third kappa shape index (κ3) is 5.46. The Balaban J connectivity index is 1.91. The summed E-state index contributed by atoms with van der Waals surface area (Å²) in [6.07, 6.45) is 3.01. The van der Waals surface area contributed by atoms with E-state index in [1.807, 2.05) is 19.1 Å². The van der Waals surface area contributed by atoms with Gasteiger partial charge in [-0.05, 0) is 43.5 Å². The van der Waals surface area contributed by atoms with Crippen molar-refractivity contribution >= 4 is 11.8 Å². The van der Waals surface area contributed by atoms with Gasteiger partial charge in [-0.3, -0.25) is 14.5 Å². The lowest BCUT2D eigenvalue weighted by atomic mass is 10.0. The number of hydrogen-bond acceptors (Lipinski definition) is 4. The molecule has 0 spiro atoms. The number of likely N-dealkylation sites (N-methyl/N-ethyl adjacent to an activating group) is 1. The molecule has 2 amide bonds. The van der Waals surface area contributed by atoms with E-state index in [1.165, 1.54) is 10.5 Å². The minimum Gasteiger partial charge on any atom is -0.497 e. The molecule has 1 atom stereocenters. The van der Waals surface area contributed by atoms with Crippen LogP contribution in [-0.4, -0.2) is 62.0 Å². The SMILES string of the molecule is CCCNC(=O)CN(C)C(=O)CN1CCCC1c1ccc(OC)cc1. The van der Waals surface area contributed by atoms with Crippen molar-refractivity contribution in [2.75, 3.05) is 40.3 Å². The second kappa shape index (κ2) is 9.42. The van der Waals surface area contributed by atoms with Gasteiger partial charge in [-0.2, -0.15) is 0 Å². The van der Waals surface area contributed by atoms with Crippen molar-refractivity contribution in [3.05, 3.63) is 29.8 Å². The molecular weight excluding hydrogens is 318 g/mol. The number of amides is 2. The van der Waals surface area contributed by atoms with Crippen LogP contribution in [0, 0.1) is 0 Å². The van der Waals surface area contributed by atoms with E-state index in [1.54, 1.807) is 14.2 Å². The van der Waals surface area contributed by atoms with Gasteiger partial charge in [0.05, 0.1) is 20.2 Å². The molecule has 0 radical (unpaired) electrons. The zero-order valence-electron chi connectivity index (χ0n) is 15.5. The molecule has 1 aromatic rings. The number of hydrogen-bond donors (Lipinski definition) is 1. The van der Waals surface area contributed by atoms with Gasteiger partial charge < -0.3 is 15.0 Å². The maximum Gasteiger partial charge on any atom is 0.239 e. The Hall–Kier alpha value is -2.08. The fraction of sp³-hybridized carbons (Fsp3) is 0.579. The van der Waals surface area contributed by atoms with Crippen LogP contribution >= 0.6 is 0 Å². The minimum absolute atomic E-state index is 0.0212. The number of methoxy groups -OCH3 is 1. The van der Waals surface area contributed by atoms with Crippen LogP contribution in [0.25, 0.3) is 0 Å². The molecule has 1 unspecified atom stereocenters. The van der Waals surface area contributed by atoms with Crippen LogP contribution < -0.4 is 10.1 Å². The number of nitrogens with zero attached hydrogens (tertiary/aromatic N) is 2. The summed E-state index contributed by atoms with van der Waals surface area (Å²) in [4.78, 5) is 27.9. The van der Waals surface area contributed by atoms with Crippen molar-refractivity contribution in [1.82, 2.24) is 15.1 Å². The smallest absolute Gasteiger partial charge is 0.239 e. The number of rotatable bonds is 8. The van der Waals surface area contributed by atoms with E-state index in [0.29, 0.717) is 13.1 Å². The Kier molecular flexibility index (Phi) is 7.25. The molecule has 6 heteroatoms. The first kappa shape index (κ1) is 19.2. The van der Waals surface area contributed by atoms with Crippen molar-refractivity contribution in [3.8, 4) is 5.75 Å². The Morgan fingerprint density at radius 1 is 1.32 bits per heavy atom. The molecule has 0 aliphatic carbocycles. The number of carbonyl (C=O) groups is 2. The Morgan fingerprint density at radius 3 is 2.68 bits per heavy atom. The predicted octanol–water partition coefficient (Wildman–Crippen LogP) is 1.82. The van der Waals surface area contributed by atoms with Gasteiger partial charge in [0, 0.05) is 19.6 Å². The highest BCUT2D eigenvalue weighted by atomic mass is 16.5. The average Bonchev–Trinajstić information content (AvgIpc) is 3.08. The molecule has 6 nitrogen and oxygen atoms in total. The van der Waals surface area contributed by atoms with Gasteiger partial charge in [0.25, 0.3) is 0 Å². The van der Waals surface area contributed by atoms with Gasteiger partial charge in [-0.1, -0.05) is 19.1 Å². The van der Waals surface area contributed by atoms with E-state index in [0.717, 1.165) is 31.6 Å². The van der Waals surface area contributed by atoms with Crippen LogP contribution in [0.4, 0.5) is 0 Å². The molecule has 1 aromatic carbocycles. The second-order valence-corrected chi connectivity index (χ2v) is 6.50. The van der Waals surface area contributed by atoms with E-state index < -0.39 is 0 Å². The van der Waals surface area contributed by atoms with E-state index in [-0.39, 0.29) is 24.4 Å². The molecule has 25 heavy (non-hydrogen) atoms. The van der Waals surface area contributed by atoms with E-state index in [9.17, 15) is 9.59 Å². The zero-order chi connectivity index (χ0) is 18.2. The fourth-order valence-electron chi connectivity index (χ4n) is 3.14. The summed E-state index contributed by atoms with van der Waals surface area (Å²) >= 11 is 0. The lowest BCUT2D eigenvalue weighted by Crippen LogP contribution is -2.43. The number of nitrogens with one attached hydrogen (secondary N) is 1. The predicted molar refractivity (Wildman–Crippen MR) is 97.5 cm³/mol. The maximum atomic E-state index is 12.5. The highest BCUT2D eigenvalue weighted by Crippen LogP contribution is 2.32. The van der Waals surface area contributed by atoms with Crippen LogP contribution in [0.2, 0.25) is 0 Å². The van der Waals surface area contributed by atoms with Gasteiger partial charge in [-0.15, -0.1) is 0 Å². The van der Waals surface area contributed by atoms with Crippen LogP contribution in [-0.2, 0) is 9.59 Å². The van der Waals surface area contributed by atoms with E-state index in [4.69, 9.17) is 4.74 Å². The number of likely N-dealkylation sites (tertiary alicyclic amines) is 1. The van der Waals surface area contributed by atoms with Crippen molar-refractivity contribution < 1.29 is 14.3 Å². The van der Waals surface area contributed by atoms with Crippen molar-refractivity contribution in [1.29, 1.82) is 0 Å². The molecule has 1 N–H and O–H groups in total. The molecule has 1 aliphatic heterocycles. The quantitative estimate of drug-likeness (QED) is 0.779. The Morgan fingerprint density at radius 2 is 2.04 bits per heavy atom. The van der Waals surface area contributed by atoms with Crippen LogP contribution in [0.15, 0.2) is 24.3 Å². The Bertz CT molecular complexity index is 574. The number of ether oxygens (including phenoxy) is 1. The zero-order valence-corrected chi connectivity index (χ0v) is 15.5. The van der Waals surface area contributed by atoms with E-state index in [2.05, 4.69) is 22.3 Å².